The summed E-state index contributed by atoms with van der Waals surface area (Å²) in [5.74, 6) is 0.328. The Morgan fingerprint density at radius 1 is 1.26 bits per heavy atom. The lowest BCUT2D eigenvalue weighted by Gasteiger charge is -2.13. The van der Waals surface area contributed by atoms with E-state index in [1.807, 2.05) is 0 Å². The Bertz CT molecular complexity index is 824. The van der Waals surface area contributed by atoms with Crippen LogP contribution in [-0.2, 0) is 12.8 Å². The Morgan fingerprint density at radius 2 is 2.04 bits per heavy atom. The topological polar surface area (TPSA) is 107 Å². The van der Waals surface area contributed by atoms with Crippen LogP contribution >= 0.6 is 0 Å². The summed E-state index contributed by atoms with van der Waals surface area (Å²) >= 11 is 0. The van der Waals surface area contributed by atoms with Gasteiger partial charge in [0.1, 0.15) is 17.3 Å². The number of nitrogens with zero attached hydrogens (tertiary/aromatic N) is 2. The number of pyridine rings is 1. The molecular formula is C17H17N4O2+. The SMILES string of the molecule is N#Cc1c(N)[nH+]c2c(c1-c1cccc([N+](=O)[O-])c1)CCCCC2. The minimum absolute atomic E-state index is 0.0140. The Labute approximate surface area is 133 Å². The number of nitrogen functional groups attached to an aromatic ring is 1. The molecule has 0 atom stereocenters. The molecule has 0 saturated heterocycles. The molecule has 6 heteroatoms. The average molecular weight is 309 g/mol. The number of benzene rings is 1. The Morgan fingerprint density at radius 3 is 2.78 bits per heavy atom. The van der Waals surface area contributed by atoms with Gasteiger partial charge in [-0.25, -0.2) is 4.98 Å². The molecule has 0 spiro atoms. The first-order chi connectivity index (χ1) is 11.1. The van der Waals surface area contributed by atoms with Crippen LogP contribution in [0.25, 0.3) is 11.1 Å². The number of nitro benzene ring substituents is 1. The fourth-order valence-corrected chi connectivity index (χ4v) is 3.22. The maximum absolute atomic E-state index is 11.1. The van der Waals surface area contributed by atoms with Crippen molar-refractivity contribution >= 4 is 11.5 Å². The van der Waals surface area contributed by atoms with Crippen molar-refractivity contribution in [2.24, 2.45) is 0 Å². The lowest BCUT2D eigenvalue weighted by molar-refractivity contribution is -0.384. The lowest BCUT2D eigenvalue weighted by atomic mass is 9.91. The van der Waals surface area contributed by atoms with Crippen molar-refractivity contribution in [1.82, 2.24) is 0 Å². The van der Waals surface area contributed by atoms with Gasteiger partial charge in [0.05, 0.1) is 4.92 Å². The highest BCUT2D eigenvalue weighted by atomic mass is 16.6. The van der Waals surface area contributed by atoms with E-state index < -0.39 is 4.92 Å². The van der Waals surface area contributed by atoms with E-state index in [-0.39, 0.29) is 5.69 Å². The van der Waals surface area contributed by atoms with E-state index in [1.54, 1.807) is 12.1 Å². The molecule has 1 aromatic heterocycles. The summed E-state index contributed by atoms with van der Waals surface area (Å²) < 4.78 is 0. The van der Waals surface area contributed by atoms with Crippen LogP contribution in [0.5, 0.6) is 0 Å². The molecule has 1 aliphatic carbocycles. The number of hydrogen-bond acceptors (Lipinski definition) is 4. The zero-order chi connectivity index (χ0) is 16.4. The maximum atomic E-state index is 11.1. The number of nitrogens with two attached hydrogens (primary N) is 1. The number of hydrogen-bond donors (Lipinski definition) is 1. The molecule has 1 aromatic carbocycles. The molecule has 6 nitrogen and oxygen atoms in total. The van der Waals surface area contributed by atoms with E-state index >= 15 is 0 Å². The van der Waals surface area contributed by atoms with Gasteiger partial charge in [0.15, 0.2) is 0 Å². The summed E-state index contributed by atoms with van der Waals surface area (Å²) in [7, 11) is 0. The molecule has 1 heterocycles. The van der Waals surface area contributed by atoms with Crippen LogP contribution in [0.3, 0.4) is 0 Å². The van der Waals surface area contributed by atoms with E-state index in [2.05, 4.69) is 11.1 Å². The third kappa shape index (κ3) is 2.73. The number of non-ortho nitro benzene ring substituents is 1. The minimum atomic E-state index is -0.424. The number of aromatic amines is 1. The lowest BCUT2D eigenvalue weighted by Crippen LogP contribution is -2.21. The summed E-state index contributed by atoms with van der Waals surface area (Å²) in [6, 6.07) is 8.56. The third-order valence-electron chi connectivity index (χ3n) is 4.28. The molecule has 2 aromatic rings. The predicted molar refractivity (Wildman–Crippen MR) is 85.5 cm³/mol. The van der Waals surface area contributed by atoms with Crippen molar-refractivity contribution in [2.75, 3.05) is 5.73 Å². The summed E-state index contributed by atoms with van der Waals surface area (Å²) in [5, 5.41) is 20.6. The van der Waals surface area contributed by atoms with Crippen LogP contribution in [0.15, 0.2) is 24.3 Å². The number of nitriles is 1. The monoisotopic (exact) mass is 309 g/mol. The van der Waals surface area contributed by atoms with Gasteiger partial charge >= 0.3 is 0 Å². The van der Waals surface area contributed by atoms with Gasteiger partial charge in [0, 0.05) is 29.7 Å². The summed E-state index contributed by atoms with van der Waals surface area (Å²) in [4.78, 5) is 13.8. The van der Waals surface area contributed by atoms with Crippen LogP contribution in [0, 0.1) is 21.4 Å². The number of nitrogens with one attached hydrogen (secondary N) is 1. The van der Waals surface area contributed by atoms with Gasteiger partial charge < -0.3 is 0 Å². The molecule has 3 rings (SSSR count). The molecular weight excluding hydrogens is 292 g/mol. The fourth-order valence-electron chi connectivity index (χ4n) is 3.22. The molecule has 0 unspecified atom stereocenters. The first-order valence-corrected chi connectivity index (χ1v) is 7.63. The molecule has 3 N–H and O–H groups in total. The van der Waals surface area contributed by atoms with Crippen molar-refractivity contribution in [3.8, 4) is 17.2 Å². The smallest absolute Gasteiger partial charge is 0.286 e. The van der Waals surface area contributed by atoms with Gasteiger partial charge in [-0.05, 0) is 24.8 Å². The number of anilines is 1. The molecule has 0 radical (unpaired) electrons. The second-order valence-corrected chi connectivity index (χ2v) is 5.73. The van der Waals surface area contributed by atoms with E-state index in [4.69, 9.17) is 5.73 Å². The van der Waals surface area contributed by atoms with Crippen molar-refractivity contribution in [3.63, 3.8) is 0 Å². The van der Waals surface area contributed by atoms with Gasteiger partial charge in [0.25, 0.3) is 11.5 Å². The summed E-state index contributed by atoms with van der Waals surface area (Å²) in [6.45, 7) is 0. The van der Waals surface area contributed by atoms with Gasteiger partial charge in [0.2, 0.25) is 0 Å². The number of nitro groups is 1. The van der Waals surface area contributed by atoms with E-state index in [0.717, 1.165) is 48.9 Å². The van der Waals surface area contributed by atoms with Crippen molar-refractivity contribution in [2.45, 2.75) is 32.1 Å². The normalized spacial score (nSPS) is 13.7. The molecule has 116 valence electrons. The largest absolute Gasteiger partial charge is 0.289 e. The van der Waals surface area contributed by atoms with E-state index in [0.29, 0.717) is 16.9 Å². The van der Waals surface area contributed by atoms with E-state index in [9.17, 15) is 15.4 Å². The number of rotatable bonds is 2. The Balaban J connectivity index is 2.29. The fraction of sp³-hybridized carbons (Fsp3) is 0.294. The average Bonchev–Trinajstić information content (AvgIpc) is 2.78. The van der Waals surface area contributed by atoms with Crippen LogP contribution in [0.2, 0.25) is 0 Å². The van der Waals surface area contributed by atoms with Crippen LogP contribution in [0.4, 0.5) is 11.5 Å². The highest BCUT2D eigenvalue weighted by Gasteiger charge is 2.24. The molecule has 23 heavy (non-hydrogen) atoms. The summed E-state index contributed by atoms with van der Waals surface area (Å²) in [6.07, 6.45) is 4.96. The Hall–Kier alpha value is -2.94. The zero-order valence-electron chi connectivity index (χ0n) is 12.6. The summed E-state index contributed by atoms with van der Waals surface area (Å²) in [5.41, 5.74) is 9.93. The molecule has 0 aliphatic heterocycles. The first-order valence-electron chi connectivity index (χ1n) is 7.63. The predicted octanol–water partition coefficient (Wildman–Crippen LogP) is 2.80. The Kier molecular flexibility index (Phi) is 3.94. The van der Waals surface area contributed by atoms with Crippen LogP contribution < -0.4 is 10.7 Å². The minimum Gasteiger partial charge on any atom is -0.286 e. The molecule has 1 aliphatic rings. The standard InChI is InChI=1S/C17H16N4O2/c18-10-14-16(11-5-4-6-12(9-11)21(22)23)13-7-2-1-3-8-15(13)20-17(14)19/h4-6,9H,1-3,7-8H2,(H2,19,20)/p+1. The zero-order valence-corrected chi connectivity index (χ0v) is 12.6. The van der Waals surface area contributed by atoms with Crippen LogP contribution in [0.1, 0.15) is 36.1 Å². The number of aryl methyl sites for hydroxylation is 1. The quantitative estimate of drug-likeness (QED) is 0.522. The van der Waals surface area contributed by atoms with E-state index in [1.165, 1.54) is 12.1 Å². The van der Waals surface area contributed by atoms with Gasteiger partial charge in [-0.15, -0.1) is 0 Å². The highest BCUT2D eigenvalue weighted by molar-refractivity contribution is 5.78. The van der Waals surface area contributed by atoms with Crippen LogP contribution in [-0.4, -0.2) is 4.92 Å². The van der Waals surface area contributed by atoms with Crippen molar-refractivity contribution in [1.29, 1.82) is 5.26 Å². The number of H-pyrrole nitrogens is 1. The van der Waals surface area contributed by atoms with Gasteiger partial charge in [-0.1, -0.05) is 18.6 Å². The van der Waals surface area contributed by atoms with Gasteiger partial charge in [-0.3, -0.25) is 15.8 Å². The second kappa shape index (κ2) is 6.05. The molecule has 0 amide bonds. The van der Waals surface area contributed by atoms with Gasteiger partial charge in [-0.2, -0.15) is 5.26 Å². The highest BCUT2D eigenvalue weighted by Crippen LogP contribution is 2.35. The van der Waals surface area contributed by atoms with Crippen molar-refractivity contribution in [3.05, 3.63) is 51.2 Å². The second-order valence-electron chi connectivity index (χ2n) is 5.73. The number of aromatic nitrogens is 1. The molecule has 0 bridgehead atoms. The van der Waals surface area contributed by atoms with Crippen molar-refractivity contribution < 1.29 is 9.91 Å². The molecule has 0 saturated carbocycles. The maximum Gasteiger partial charge on any atom is 0.289 e. The third-order valence-corrected chi connectivity index (χ3v) is 4.28. The molecule has 0 fully saturated rings. The first kappa shape index (κ1) is 15.0. The number of fused-ring (bicyclic) bond motifs is 1.